The number of hydrogen-bond donors (Lipinski definition) is 0. The van der Waals surface area contributed by atoms with Gasteiger partial charge >= 0.3 is 0 Å². The lowest BCUT2D eigenvalue weighted by Crippen LogP contribution is -2.22. The fourth-order valence-corrected chi connectivity index (χ4v) is 3.13. The number of sulfonamides is 1. The molecule has 0 fully saturated rings. The van der Waals surface area contributed by atoms with Crippen LogP contribution in [0.25, 0.3) is 17.1 Å². The Morgan fingerprint density at radius 3 is 2.64 bits per heavy atom. The Kier molecular flexibility index (Phi) is 4.82. The maximum Gasteiger partial charge on any atom is 0.242 e. The topological polar surface area (TPSA) is 77.3 Å². The quantitative estimate of drug-likeness (QED) is 0.672. The molecular weight excluding hydrogens is 340 g/mol. The summed E-state index contributed by atoms with van der Waals surface area (Å²) in [5, 5.41) is 7.89. The van der Waals surface area contributed by atoms with Gasteiger partial charge in [-0.3, -0.25) is 0 Å². The van der Waals surface area contributed by atoms with Gasteiger partial charge < -0.3 is 4.84 Å². The Labute approximate surface area is 146 Å². The van der Waals surface area contributed by atoms with Crippen LogP contribution in [0.15, 0.2) is 59.5 Å². The molecule has 130 valence electrons. The normalized spacial score (nSPS) is 12.3. The predicted molar refractivity (Wildman–Crippen MR) is 95.3 cm³/mol. The number of fused-ring (bicyclic) bond motifs is 1. The maximum atomic E-state index is 12.2. The zero-order chi connectivity index (χ0) is 17.9. The van der Waals surface area contributed by atoms with E-state index in [4.69, 9.17) is 4.84 Å². The molecule has 0 aliphatic carbocycles. The van der Waals surface area contributed by atoms with Crippen molar-refractivity contribution in [3.05, 3.63) is 60.2 Å². The minimum absolute atomic E-state index is 0.164. The van der Waals surface area contributed by atoms with Crippen LogP contribution in [-0.4, -0.2) is 48.6 Å². The Balaban J connectivity index is 1.79. The summed E-state index contributed by atoms with van der Waals surface area (Å²) in [5.74, 6) is 0. The molecule has 3 aromatic rings. The molecule has 0 spiro atoms. The molecule has 3 rings (SSSR count). The van der Waals surface area contributed by atoms with Crippen LogP contribution in [0.4, 0.5) is 0 Å². The van der Waals surface area contributed by atoms with E-state index in [0.29, 0.717) is 11.0 Å². The van der Waals surface area contributed by atoms with E-state index < -0.39 is 10.0 Å². The Morgan fingerprint density at radius 1 is 1.16 bits per heavy atom. The van der Waals surface area contributed by atoms with Crippen molar-refractivity contribution in [1.82, 2.24) is 19.5 Å². The third kappa shape index (κ3) is 3.70. The first-order valence-corrected chi connectivity index (χ1v) is 9.05. The first-order chi connectivity index (χ1) is 12.0. The molecule has 0 saturated carbocycles. The summed E-state index contributed by atoms with van der Waals surface area (Å²) in [6.45, 7) is 0.276. The molecule has 25 heavy (non-hydrogen) atoms. The fraction of sp³-hybridized carbons (Fsp3) is 0.176. The second-order valence-corrected chi connectivity index (χ2v) is 7.66. The lowest BCUT2D eigenvalue weighted by molar-refractivity contribution is 0.110. The summed E-state index contributed by atoms with van der Waals surface area (Å²) in [4.78, 5) is 6.96. The molecule has 8 heteroatoms. The van der Waals surface area contributed by atoms with E-state index in [-0.39, 0.29) is 11.5 Å². The van der Waals surface area contributed by atoms with Gasteiger partial charge in [-0.15, -0.1) is 5.10 Å². The minimum atomic E-state index is -3.53. The Bertz CT molecular complexity index is 995. The van der Waals surface area contributed by atoms with Gasteiger partial charge in [0.1, 0.15) is 17.6 Å². The summed E-state index contributed by atoms with van der Waals surface area (Å²) >= 11 is 0. The van der Waals surface area contributed by atoms with Gasteiger partial charge in [0, 0.05) is 14.1 Å². The van der Waals surface area contributed by atoms with E-state index in [0.717, 1.165) is 9.87 Å². The van der Waals surface area contributed by atoms with Crippen LogP contribution >= 0.6 is 0 Å². The molecule has 1 heterocycles. The van der Waals surface area contributed by atoms with E-state index in [1.807, 2.05) is 42.5 Å². The van der Waals surface area contributed by atoms with E-state index >= 15 is 0 Å². The van der Waals surface area contributed by atoms with Gasteiger partial charge in [0.25, 0.3) is 0 Å². The van der Waals surface area contributed by atoms with Crippen molar-refractivity contribution in [3.63, 3.8) is 0 Å². The number of hydrogen-bond acceptors (Lipinski definition) is 5. The van der Waals surface area contributed by atoms with Gasteiger partial charge in [-0.05, 0) is 35.1 Å². The Morgan fingerprint density at radius 2 is 1.92 bits per heavy atom. The number of benzene rings is 2. The van der Waals surface area contributed by atoms with Crippen molar-refractivity contribution in [3.8, 4) is 0 Å². The molecule has 0 atom stereocenters. The summed E-state index contributed by atoms with van der Waals surface area (Å²) in [5.41, 5.74) is 2.12. The van der Waals surface area contributed by atoms with Gasteiger partial charge in [0.2, 0.25) is 10.0 Å². The van der Waals surface area contributed by atoms with Crippen LogP contribution in [0.2, 0.25) is 0 Å². The highest BCUT2D eigenvalue weighted by molar-refractivity contribution is 7.89. The first-order valence-electron chi connectivity index (χ1n) is 7.61. The molecule has 0 saturated heterocycles. The van der Waals surface area contributed by atoms with Crippen LogP contribution in [0.1, 0.15) is 5.56 Å². The average molecular weight is 358 g/mol. The van der Waals surface area contributed by atoms with E-state index in [1.54, 1.807) is 6.07 Å². The molecule has 0 bridgehead atoms. The molecular formula is C17H18N4O3S. The molecule has 0 radical (unpaired) electrons. The maximum absolute atomic E-state index is 12.2. The highest BCUT2D eigenvalue weighted by Crippen LogP contribution is 2.18. The molecule has 0 amide bonds. The van der Waals surface area contributed by atoms with Crippen molar-refractivity contribution in [1.29, 1.82) is 0 Å². The summed E-state index contributed by atoms with van der Waals surface area (Å²) < 4.78 is 25.7. The van der Waals surface area contributed by atoms with Crippen LogP contribution in [0, 0.1) is 0 Å². The first kappa shape index (κ1) is 17.1. The van der Waals surface area contributed by atoms with E-state index in [9.17, 15) is 8.42 Å². The number of aromatic nitrogens is 3. The number of rotatable bonds is 6. The predicted octanol–water partition coefficient (Wildman–Crippen LogP) is 1.82. The highest BCUT2D eigenvalue weighted by atomic mass is 32.2. The molecule has 0 aliphatic heterocycles. The van der Waals surface area contributed by atoms with Gasteiger partial charge in [0.15, 0.2) is 0 Å². The molecule has 7 nitrogen and oxygen atoms in total. The second-order valence-electron chi connectivity index (χ2n) is 5.51. The van der Waals surface area contributed by atoms with Gasteiger partial charge in [0.05, 0.1) is 4.90 Å². The molecule has 2 aromatic carbocycles. The second kappa shape index (κ2) is 7.04. The third-order valence-corrected chi connectivity index (χ3v) is 5.38. The molecule has 0 aliphatic rings. The zero-order valence-electron chi connectivity index (χ0n) is 13.9. The molecule has 0 N–H and O–H groups in total. The van der Waals surface area contributed by atoms with Gasteiger partial charge in [-0.25, -0.2) is 12.7 Å². The SMILES string of the molecule is CN(C)S(=O)(=O)c1ccc2nnn(OC/C=C/c3ccccc3)c2c1. The van der Waals surface area contributed by atoms with Gasteiger partial charge in [-0.2, -0.15) is 0 Å². The third-order valence-electron chi connectivity index (χ3n) is 3.57. The van der Waals surface area contributed by atoms with Crippen molar-refractivity contribution < 1.29 is 13.3 Å². The molecule has 0 unspecified atom stereocenters. The lowest BCUT2D eigenvalue weighted by Gasteiger charge is -2.11. The number of nitrogens with zero attached hydrogens (tertiary/aromatic N) is 4. The van der Waals surface area contributed by atoms with Gasteiger partial charge in [-0.1, -0.05) is 41.3 Å². The van der Waals surface area contributed by atoms with Crippen LogP contribution < -0.4 is 4.84 Å². The monoisotopic (exact) mass is 358 g/mol. The summed E-state index contributed by atoms with van der Waals surface area (Å²) in [7, 11) is -0.557. The largest absolute Gasteiger partial charge is 0.391 e. The summed E-state index contributed by atoms with van der Waals surface area (Å²) in [6.07, 6.45) is 3.78. The van der Waals surface area contributed by atoms with Crippen molar-refractivity contribution in [2.24, 2.45) is 0 Å². The Hall–Kier alpha value is -2.71. The fourth-order valence-electron chi connectivity index (χ4n) is 2.21. The van der Waals surface area contributed by atoms with E-state index in [2.05, 4.69) is 10.3 Å². The lowest BCUT2D eigenvalue weighted by atomic mass is 10.2. The van der Waals surface area contributed by atoms with Crippen LogP contribution in [-0.2, 0) is 10.0 Å². The van der Waals surface area contributed by atoms with Crippen LogP contribution in [0.3, 0.4) is 0 Å². The van der Waals surface area contributed by atoms with E-state index in [1.165, 1.54) is 31.1 Å². The zero-order valence-corrected chi connectivity index (χ0v) is 14.7. The van der Waals surface area contributed by atoms with Crippen molar-refractivity contribution in [2.75, 3.05) is 20.7 Å². The average Bonchev–Trinajstić information content (AvgIpc) is 3.02. The molecule has 1 aromatic heterocycles. The summed E-state index contributed by atoms with van der Waals surface area (Å²) in [6, 6.07) is 14.5. The smallest absolute Gasteiger partial charge is 0.242 e. The van der Waals surface area contributed by atoms with Crippen molar-refractivity contribution in [2.45, 2.75) is 4.90 Å². The van der Waals surface area contributed by atoms with Crippen molar-refractivity contribution >= 4 is 27.1 Å². The standard InChI is InChI=1S/C17H18N4O3S/c1-20(2)25(22,23)15-10-11-16-17(13-15)21(19-18-16)24-12-6-9-14-7-4-3-5-8-14/h3-11,13H,12H2,1-2H3/b9-6+. The minimum Gasteiger partial charge on any atom is -0.391 e. The van der Waals surface area contributed by atoms with Crippen LogP contribution in [0.5, 0.6) is 0 Å². The highest BCUT2D eigenvalue weighted by Gasteiger charge is 2.19.